The molecule has 20 heavy (non-hydrogen) atoms. The Kier molecular flexibility index (Phi) is 3.71. The maximum absolute atomic E-state index is 11.3. The van der Waals surface area contributed by atoms with Crippen LogP contribution in [0.2, 0.25) is 0 Å². The number of aromatic nitrogens is 4. The minimum Gasteiger partial charge on any atom is -0.370 e. The fourth-order valence-electron chi connectivity index (χ4n) is 2.93. The van der Waals surface area contributed by atoms with Crippen molar-refractivity contribution in [2.24, 2.45) is 11.8 Å². The van der Waals surface area contributed by atoms with Gasteiger partial charge < -0.3 is 5.32 Å². The lowest BCUT2D eigenvalue weighted by Gasteiger charge is -2.26. The Morgan fingerprint density at radius 3 is 3.00 bits per heavy atom. The van der Waals surface area contributed by atoms with Crippen molar-refractivity contribution in [1.82, 2.24) is 19.6 Å². The molecule has 0 spiro atoms. The Bertz CT molecular complexity index is 624. The Hall–Kier alpha value is -1.85. The molecule has 0 aliphatic heterocycles. The van der Waals surface area contributed by atoms with Crippen LogP contribution in [0.15, 0.2) is 17.2 Å². The van der Waals surface area contributed by atoms with Crippen LogP contribution in [0.4, 0.5) is 5.82 Å². The Balaban J connectivity index is 1.53. The summed E-state index contributed by atoms with van der Waals surface area (Å²) in [5, 5.41) is 9.66. The van der Waals surface area contributed by atoms with E-state index in [0.717, 1.165) is 24.2 Å². The van der Waals surface area contributed by atoms with Crippen LogP contribution in [0.1, 0.15) is 39.0 Å². The molecule has 2 heterocycles. The fourth-order valence-corrected chi connectivity index (χ4v) is 2.93. The van der Waals surface area contributed by atoms with Gasteiger partial charge in [0.2, 0.25) is 0 Å². The molecule has 108 valence electrons. The van der Waals surface area contributed by atoms with E-state index in [-0.39, 0.29) is 5.69 Å². The van der Waals surface area contributed by atoms with Crippen LogP contribution in [0.25, 0.3) is 5.65 Å². The topological polar surface area (TPSA) is 75.1 Å². The lowest BCUT2D eigenvalue weighted by Crippen LogP contribution is -2.16. The number of aromatic amines is 1. The lowest BCUT2D eigenvalue weighted by molar-refractivity contribution is 0.282. The fraction of sp³-hybridized carbons (Fsp3) is 0.643. The summed E-state index contributed by atoms with van der Waals surface area (Å²) in [5.74, 6) is 2.53. The third kappa shape index (κ3) is 2.84. The number of fused-ring (bicyclic) bond motifs is 1. The quantitative estimate of drug-likeness (QED) is 0.895. The van der Waals surface area contributed by atoms with Crippen molar-refractivity contribution in [3.63, 3.8) is 0 Å². The molecule has 1 aliphatic rings. The van der Waals surface area contributed by atoms with Gasteiger partial charge in [-0.05, 0) is 18.3 Å². The molecule has 1 aliphatic carbocycles. The van der Waals surface area contributed by atoms with Crippen molar-refractivity contribution in [2.75, 3.05) is 11.9 Å². The van der Waals surface area contributed by atoms with Crippen molar-refractivity contribution in [3.05, 3.63) is 22.9 Å². The zero-order valence-corrected chi connectivity index (χ0v) is 11.8. The van der Waals surface area contributed by atoms with Gasteiger partial charge in [0.25, 0.3) is 0 Å². The van der Waals surface area contributed by atoms with Crippen LogP contribution in [-0.2, 0) is 0 Å². The summed E-state index contributed by atoms with van der Waals surface area (Å²) in [5.41, 5.74) is 0.342. The first kappa shape index (κ1) is 13.1. The SMILES string of the molecule is CC1CCC(CCNc2cc3n[nH]c(=O)n3cn2)CC1. The van der Waals surface area contributed by atoms with Crippen LogP contribution in [-0.4, -0.2) is 26.1 Å². The molecule has 0 unspecified atom stereocenters. The van der Waals surface area contributed by atoms with E-state index in [1.54, 1.807) is 6.07 Å². The number of H-pyrrole nitrogens is 1. The summed E-state index contributed by atoms with van der Waals surface area (Å²) in [6.45, 7) is 3.27. The van der Waals surface area contributed by atoms with Crippen molar-refractivity contribution in [1.29, 1.82) is 0 Å². The predicted molar refractivity (Wildman–Crippen MR) is 77.8 cm³/mol. The second-order valence-electron chi connectivity index (χ2n) is 5.87. The van der Waals surface area contributed by atoms with E-state index < -0.39 is 0 Å². The van der Waals surface area contributed by atoms with E-state index in [9.17, 15) is 4.79 Å². The molecule has 0 aromatic carbocycles. The zero-order valence-electron chi connectivity index (χ0n) is 11.8. The van der Waals surface area contributed by atoms with Gasteiger partial charge in [-0.25, -0.2) is 19.3 Å². The third-order valence-corrected chi connectivity index (χ3v) is 4.30. The van der Waals surface area contributed by atoms with E-state index in [0.29, 0.717) is 5.65 Å². The molecule has 0 amide bonds. The monoisotopic (exact) mass is 275 g/mol. The highest BCUT2D eigenvalue weighted by Crippen LogP contribution is 2.30. The Morgan fingerprint density at radius 2 is 2.20 bits per heavy atom. The minimum atomic E-state index is -0.254. The first-order chi connectivity index (χ1) is 9.72. The number of nitrogens with one attached hydrogen (secondary N) is 2. The summed E-state index contributed by atoms with van der Waals surface area (Å²) in [6, 6.07) is 1.79. The van der Waals surface area contributed by atoms with Gasteiger partial charge in [0.05, 0.1) is 0 Å². The van der Waals surface area contributed by atoms with Gasteiger partial charge in [-0.3, -0.25) is 0 Å². The summed E-state index contributed by atoms with van der Waals surface area (Å²) < 4.78 is 1.40. The molecular weight excluding hydrogens is 254 g/mol. The second-order valence-corrected chi connectivity index (χ2v) is 5.87. The molecule has 3 rings (SSSR count). The summed E-state index contributed by atoms with van der Waals surface area (Å²) in [6.07, 6.45) is 8.13. The number of hydrogen-bond acceptors (Lipinski definition) is 4. The number of hydrogen-bond donors (Lipinski definition) is 2. The van der Waals surface area contributed by atoms with Gasteiger partial charge in [0.1, 0.15) is 12.1 Å². The van der Waals surface area contributed by atoms with Gasteiger partial charge >= 0.3 is 5.69 Å². The van der Waals surface area contributed by atoms with Crippen LogP contribution < -0.4 is 11.0 Å². The molecule has 1 saturated carbocycles. The molecule has 0 atom stereocenters. The van der Waals surface area contributed by atoms with Crippen molar-refractivity contribution < 1.29 is 0 Å². The molecule has 6 nitrogen and oxygen atoms in total. The average Bonchev–Trinajstić information content (AvgIpc) is 2.82. The highest BCUT2D eigenvalue weighted by Gasteiger charge is 2.17. The van der Waals surface area contributed by atoms with Crippen LogP contribution in [0.3, 0.4) is 0 Å². The Labute approximate surface area is 117 Å². The van der Waals surface area contributed by atoms with Crippen LogP contribution >= 0.6 is 0 Å². The maximum Gasteiger partial charge on any atom is 0.348 e. The maximum atomic E-state index is 11.3. The second kappa shape index (κ2) is 5.64. The van der Waals surface area contributed by atoms with E-state index >= 15 is 0 Å². The van der Waals surface area contributed by atoms with Crippen molar-refractivity contribution in [2.45, 2.75) is 39.0 Å². The molecule has 1 fully saturated rings. The molecule has 2 N–H and O–H groups in total. The lowest BCUT2D eigenvalue weighted by atomic mass is 9.81. The minimum absolute atomic E-state index is 0.254. The molecule has 2 aromatic rings. The molecular formula is C14H21N5O. The van der Waals surface area contributed by atoms with Crippen LogP contribution in [0.5, 0.6) is 0 Å². The van der Waals surface area contributed by atoms with Gasteiger partial charge in [-0.15, -0.1) is 0 Å². The molecule has 6 heteroatoms. The molecule has 0 saturated heterocycles. The highest BCUT2D eigenvalue weighted by molar-refractivity contribution is 5.48. The van der Waals surface area contributed by atoms with E-state index in [4.69, 9.17) is 0 Å². The smallest absolute Gasteiger partial charge is 0.348 e. The third-order valence-electron chi connectivity index (χ3n) is 4.30. The highest BCUT2D eigenvalue weighted by atomic mass is 16.1. The van der Waals surface area contributed by atoms with Gasteiger partial charge in [-0.1, -0.05) is 32.6 Å². The first-order valence-corrected chi connectivity index (χ1v) is 7.39. The molecule has 0 radical (unpaired) electrons. The normalized spacial score (nSPS) is 23.1. The zero-order chi connectivity index (χ0) is 13.9. The van der Waals surface area contributed by atoms with Crippen molar-refractivity contribution >= 4 is 11.5 Å². The number of nitrogens with zero attached hydrogens (tertiary/aromatic N) is 3. The Morgan fingerprint density at radius 1 is 1.40 bits per heavy atom. The summed E-state index contributed by atoms with van der Waals surface area (Å²) in [7, 11) is 0. The predicted octanol–water partition coefficient (Wildman–Crippen LogP) is 2.05. The van der Waals surface area contributed by atoms with Gasteiger partial charge in [-0.2, -0.15) is 5.10 Å². The molecule has 2 aromatic heterocycles. The first-order valence-electron chi connectivity index (χ1n) is 7.39. The van der Waals surface area contributed by atoms with E-state index in [1.165, 1.54) is 42.8 Å². The van der Waals surface area contributed by atoms with E-state index in [2.05, 4.69) is 27.4 Å². The van der Waals surface area contributed by atoms with Gasteiger partial charge in [0.15, 0.2) is 5.65 Å². The standard InChI is InChI=1S/C14H21N5O/c1-10-2-4-11(5-3-10)6-7-15-12-8-13-17-18-14(20)19(13)9-16-12/h8-11,15H,2-7H2,1H3,(H,18,20). The largest absolute Gasteiger partial charge is 0.370 e. The average molecular weight is 275 g/mol. The van der Waals surface area contributed by atoms with Crippen LogP contribution in [0, 0.1) is 11.8 Å². The summed E-state index contributed by atoms with van der Waals surface area (Å²) >= 11 is 0. The van der Waals surface area contributed by atoms with Crippen molar-refractivity contribution in [3.8, 4) is 0 Å². The number of rotatable bonds is 4. The summed E-state index contributed by atoms with van der Waals surface area (Å²) in [4.78, 5) is 15.5. The van der Waals surface area contributed by atoms with Gasteiger partial charge in [0, 0.05) is 12.6 Å². The number of anilines is 1. The molecule has 0 bridgehead atoms. The van der Waals surface area contributed by atoms with E-state index in [1.807, 2.05) is 0 Å².